The summed E-state index contributed by atoms with van der Waals surface area (Å²) < 4.78 is 2.94. The quantitative estimate of drug-likeness (QED) is 0.506. The zero-order valence-electron chi connectivity index (χ0n) is 16.5. The zero-order valence-corrected chi connectivity index (χ0v) is 18.9. The van der Waals surface area contributed by atoms with Crippen molar-refractivity contribution in [3.63, 3.8) is 0 Å². The fourth-order valence-electron chi connectivity index (χ4n) is 2.86. The minimum absolute atomic E-state index is 0.00299. The van der Waals surface area contributed by atoms with Gasteiger partial charge < -0.3 is 5.32 Å². The van der Waals surface area contributed by atoms with Gasteiger partial charge in [0.1, 0.15) is 0 Å². The molecule has 28 heavy (non-hydrogen) atoms. The number of hydrogen-bond acceptors (Lipinski definition) is 3. The molecule has 0 fully saturated rings. The number of hydrogen-bond donors (Lipinski definition) is 1. The van der Waals surface area contributed by atoms with Gasteiger partial charge in [-0.25, -0.2) is 4.68 Å². The normalized spacial score (nSPS) is 12.0. The maximum absolute atomic E-state index is 12.7. The van der Waals surface area contributed by atoms with Crippen molar-refractivity contribution in [2.24, 2.45) is 0 Å². The van der Waals surface area contributed by atoms with E-state index in [1.54, 1.807) is 11.8 Å². The summed E-state index contributed by atoms with van der Waals surface area (Å²) in [5.74, 6) is 0.791. The van der Waals surface area contributed by atoms with Gasteiger partial charge in [0.2, 0.25) is 5.91 Å². The van der Waals surface area contributed by atoms with E-state index in [-0.39, 0.29) is 11.2 Å². The first-order valence-electron chi connectivity index (χ1n) is 9.15. The zero-order chi connectivity index (χ0) is 20.3. The SMILES string of the molecule is Cc1ccc(-n2nc(C)c(NC(=O)[C@H](C)SCc3ccc(Br)cc3)c2C)cc1. The van der Waals surface area contributed by atoms with Crippen molar-refractivity contribution < 1.29 is 4.79 Å². The lowest BCUT2D eigenvalue weighted by atomic mass is 10.2. The van der Waals surface area contributed by atoms with Crippen LogP contribution in [0.25, 0.3) is 5.69 Å². The van der Waals surface area contributed by atoms with Crippen LogP contribution < -0.4 is 5.32 Å². The Bertz CT molecular complexity index is 965. The Balaban J connectivity index is 1.67. The van der Waals surface area contributed by atoms with E-state index in [0.29, 0.717) is 0 Å². The Morgan fingerprint density at radius 2 is 1.75 bits per heavy atom. The van der Waals surface area contributed by atoms with E-state index in [0.717, 1.165) is 33.0 Å². The molecule has 1 amide bonds. The van der Waals surface area contributed by atoms with Crippen LogP contribution in [0.5, 0.6) is 0 Å². The number of anilines is 1. The van der Waals surface area contributed by atoms with Crippen LogP contribution in [0.3, 0.4) is 0 Å². The van der Waals surface area contributed by atoms with Crippen molar-refractivity contribution in [3.8, 4) is 5.69 Å². The molecule has 146 valence electrons. The number of nitrogens with zero attached hydrogens (tertiary/aromatic N) is 2. The Hall–Kier alpha value is -2.05. The lowest BCUT2D eigenvalue weighted by Crippen LogP contribution is -2.23. The number of halogens is 1. The highest BCUT2D eigenvalue weighted by molar-refractivity contribution is 9.10. The molecular weight excluding hydrogens is 434 g/mol. The molecule has 1 N–H and O–H groups in total. The molecule has 1 atom stereocenters. The fraction of sp³-hybridized carbons (Fsp3) is 0.273. The average Bonchev–Trinajstić information content (AvgIpc) is 2.96. The minimum atomic E-state index is -0.162. The first-order valence-corrected chi connectivity index (χ1v) is 11.0. The number of benzene rings is 2. The molecule has 0 aliphatic heterocycles. The summed E-state index contributed by atoms with van der Waals surface area (Å²) in [5.41, 5.74) is 5.94. The standard InChI is InChI=1S/C22H24BrN3OS/c1-14-5-11-20(12-6-14)26-16(3)21(15(2)25-26)24-22(27)17(4)28-13-18-7-9-19(23)10-8-18/h5-12,17H,13H2,1-4H3,(H,24,27)/t17-/m0/s1. The van der Waals surface area contributed by atoms with E-state index >= 15 is 0 Å². The highest BCUT2D eigenvalue weighted by Crippen LogP contribution is 2.25. The summed E-state index contributed by atoms with van der Waals surface area (Å²) in [6, 6.07) is 16.4. The topological polar surface area (TPSA) is 46.9 Å². The number of aryl methyl sites for hydroxylation is 2. The molecule has 6 heteroatoms. The molecule has 4 nitrogen and oxygen atoms in total. The number of carbonyl (C=O) groups is 1. The molecule has 0 bridgehead atoms. The first-order chi connectivity index (χ1) is 13.3. The number of nitrogens with one attached hydrogen (secondary N) is 1. The molecular formula is C22H24BrN3OS. The maximum Gasteiger partial charge on any atom is 0.237 e. The van der Waals surface area contributed by atoms with Crippen molar-refractivity contribution in [1.29, 1.82) is 0 Å². The molecule has 1 aromatic heterocycles. The van der Waals surface area contributed by atoms with Gasteiger partial charge in [-0.05, 0) is 57.5 Å². The van der Waals surface area contributed by atoms with Gasteiger partial charge in [-0.15, -0.1) is 11.8 Å². The van der Waals surface area contributed by atoms with Crippen molar-refractivity contribution >= 4 is 39.3 Å². The number of rotatable bonds is 6. The van der Waals surface area contributed by atoms with Crippen molar-refractivity contribution in [3.05, 3.63) is 75.5 Å². The van der Waals surface area contributed by atoms with Gasteiger partial charge in [-0.3, -0.25) is 4.79 Å². The molecule has 2 aromatic carbocycles. The number of carbonyl (C=O) groups excluding carboxylic acids is 1. The van der Waals surface area contributed by atoms with Crippen LogP contribution >= 0.6 is 27.7 Å². The van der Waals surface area contributed by atoms with E-state index in [2.05, 4.69) is 57.5 Å². The van der Waals surface area contributed by atoms with E-state index in [4.69, 9.17) is 0 Å². The van der Waals surface area contributed by atoms with Crippen LogP contribution in [0.15, 0.2) is 53.0 Å². The Morgan fingerprint density at radius 3 is 2.39 bits per heavy atom. The largest absolute Gasteiger partial charge is 0.322 e. The Labute approximate surface area is 178 Å². The molecule has 0 saturated carbocycles. The predicted octanol–water partition coefficient (Wildman–Crippen LogP) is 5.82. The lowest BCUT2D eigenvalue weighted by molar-refractivity contribution is -0.115. The molecule has 0 saturated heterocycles. The van der Waals surface area contributed by atoms with Gasteiger partial charge in [-0.2, -0.15) is 5.10 Å². The number of thioether (sulfide) groups is 1. The molecule has 0 unspecified atom stereocenters. The Morgan fingerprint density at radius 1 is 1.11 bits per heavy atom. The van der Waals surface area contributed by atoms with Crippen molar-refractivity contribution in [2.75, 3.05) is 5.32 Å². The highest BCUT2D eigenvalue weighted by atomic mass is 79.9. The molecule has 0 spiro atoms. The first kappa shape index (κ1) is 20.7. The minimum Gasteiger partial charge on any atom is -0.322 e. The second-order valence-electron chi connectivity index (χ2n) is 6.86. The number of aromatic nitrogens is 2. The van der Waals surface area contributed by atoms with E-state index < -0.39 is 0 Å². The van der Waals surface area contributed by atoms with Crippen molar-refractivity contribution in [1.82, 2.24) is 9.78 Å². The van der Waals surface area contributed by atoms with Crippen LogP contribution in [-0.4, -0.2) is 20.9 Å². The third kappa shape index (κ3) is 4.86. The second-order valence-corrected chi connectivity index (χ2v) is 9.11. The molecule has 3 aromatic rings. The molecule has 0 aliphatic rings. The smallest absolute Gasteiger partial charge is 0.237 e. The lowest BCUT2D eigenvalue weighted by Gasteiger charge is -2.13. The van der Waals surface area contributed by atoms with E-state index in [1.165, 1.54) is 11.1 Å². The van der Waals surface area contributed by atoms with Gasteiger partial charge in [0.15, 0.2) is 0 Å². The monoisotopic (exact) mass is 457 g/mol. The summed E-state index contributed by atoms with van der Waals surface area (Å²) in [6.45, 7) is 7.90. The fourth-order valence-corrected chi connectivity index (χ4v) is 3.97. The molecule has 0 radical (unpaired) electrons. The number of amides is 1. The van der Waals surface area contributed by atoms with E-state index in [9.17, 15) is 4.79 Å². The van der Waals surface area contributed by atoms with Crippen LogP contribution in [0, 0.1) is 20.8 Å². The van der Waals surface area contributed by atoms with Crippen LogP contribution in [0.1, 0.15) is 29.4 Å². The molecule has 0 aliphatic carbocycles. The summed E-state index contributed by atoms with van der Waals surface area (Å²) in [7, 11) is 0. The van der Waals surface area contributed by atoms with Crippen molar-refractivity contribution in [2.45, 2.75) is 38.7 Å². The third-order valence-electron chi connectivity index (χ3n) is 4.60. The summed E-state index contributed by atoms with van der Waals surface area (Å²) >= 11 is 5.07. The van der Waals surface area contributed by atoms with Gasteiger partial charge in [0.05, 0.1) is 28.0 Å². The summed E-state index contributed by atoms with van der Waals surface area (Å²) in [4.78, 5) is 12.7. The van der Waals surface area contributed by atoms with E-state index in [1.807, 2.05) is 49.7 Å². The van der Waals surface area contributed by atoms with Crippen LogP contribution in [-0.2, 0) is 10.5 Å². The molecule has 3 rings (SSSR count). The predicted molar refractivity (Wildman–Crippen MR) is 121 cm³/mol. The highest BCUT2D eigenvalue weighted by Gasteiger charge is 2.19. The summed E-state index contributed by atoms with van der Waals surface area (Å²) in [5, 5.41) is 7.53. The maximum atomic E-state index is 12.7. The Kier molecular flexibility index (Phi) is 6.62. The van der Waals surface area contributed by atoms with Gasteiger partial charge >= 0.3 is 0 Å². The van der Waals surface area contributed by atoms with Crippen LogP contribution in [0.4, 0.5) is 5.69 Å². The second kappa shape index (κ2) is 8.97. The van der Waals surface area contributed by atoms with Gasteiger partial charge in [0.25, 0.3) is 0 Å². The van der Waals surface area contributed by atoms with Gasteiger partial charge in [0, 0.05) is 10.2 Å². The summed E-state index contributed by atoms with van der Waals surface area (Å²) in [6.07, 6.45) is 0. The van der Waals surface area contributed by atoms with Crippen LogP contribution in [0.2, 0.25) is 0 Å². The molecule has 1 heterocycles. The third-order valence-corrected chi connectivity index (χ3v) is 6.34. The van der Waals surface area contributed by atoms with Gasteiger partial charge in [-0.1, -0.05) is 45.8 Å². The average molecular weight is 458 g/mol.